The van der Waals surface area contributed by atoms with Crippen LogP contribution in [0, 0.1) is 45.8 Å². The lowest BCUT2D eigenvalue weighted by molar-refractivity contribution is -0.118. The Morgan fingerprint density at radius 3 is 2.30 bits per heavy atom. The Hall–Kier alpha value is -0.0400. The molecule has 2 N–H and O–H groups in total. The lowest BCUT2D eigenvalue weighted by Crippen LogP contribution is -2.53. The van der Waals surface area contributed by atoms with Gasteiger partial charge in [0.25, 0.3) is 0 Å². The third-order valence-electron chi connectivity index (χ3n) is 11.1. The smallest absolute Gasteiger partial charge is 0.00364 e. The van der Waals surface area contributed by atoms with Gasteiger partial charge in [-0.05, 0) is 104 Å². The molecular weight excluding hydrogens is 362 g/mol. The molecule has 6 unspecified atom stereocenters. The molecule has 0 spiro atoms. The first kappa shape index (κ1) is 24.6. The summed E-state index contributed by atoms with van der Waals surface area (Å²) in [5, 5.41) is 0. The van der Waals surface area contributed by atoms with Crippen LogP contribution in [0.1, 0.15) is 132 Å². The molecular formula is C29H55N. The molecule has 0 saturated heterocycles. The van der Waals surface area contributed by atoms with E-state index < -0.39 is 0 Å². The Bertz CT molecular complexity index is 545. The Balaban J connectivity index is 1.82. The van der Waals surface area contributed by atoms with E-state index in [2.05, 4.69) is 48.5 Å². The molecule has 2 bridgehead atoms. The van der Waals surface area contributed by atoms with Gasteiger partial charge < -0.3 is 5.73 Å². The van der Waals surface area contributed by atoms with E-state index in [1.165, 1.54) is 77.0 Å². The zero-order valence-electron chi connectivity index (χ0n) is 21.7. The second-order valence-corrected chi connectivity index (χ2v) is 13.5. The highest BCUT2D eigenvalue weighted by molar-refractivity contribution is 5.07. The van der Waals surface area contributed by atoms with Gasteiger partial charge in [-0.1, -0.05) is 74.1 Å². The molecule has 0 aromatic carbocycles. The molecule has 0 amide bonds. The van der Waals surface area contributed by atoms with Crippen molar-refractivity contribution in [1.82, 2.24) is 0 Å². The van der Waals surface area contributed by atoms with Gasteiger partial charge in [-0.3, -0.25) is 0 Å². The van der Waals surface area contributed by atoms with Crippen LogP contribution in [0.3, 0.4) is 0 Å². The van der Waals surface area contributed by atoms with Crippen molar-refractivity contribution in [3.8, 4) is 0 Å². The second-order valence-electron chi connectivity index (χ2n) is 13.5. The molecule has 0 aromatic heterocycles. The van der Waals surface area contributed by atoms with E-state index in [0.29, 0.717) is 22.3 Å². The van der Waals surface area contributed by atoms with E-state index in [0.717, 1.165) is 36.0 Å². The zero-order chi connectivity index (χ0) is 22.2. The molecule has 4 aliphatic carbocycles. The molecule has 30 heavy (non-hydrogen) atoms. The first-order chi connectivity index (χ1) is 14.0. The molecule has 0 radical (unpaired) electrons. The molecule has 4 saturated carbocycles. The van der Waals surface area contributed by atoms with E-state index >= 15 is 0 Å². The highest BCUT2D eigenvalue weighted by Gasteiger charge is 2.57. The van der Waals surface area contributed by atoms with Crippen LogP contribution in [0.5, 0.6) is 0 Å². The van der Waals surface area contributed by atoms with Crippen molar-refractivity contribution < 1.29 is 0 Å². The minimum atomic E-state index is 0.375. The van der Waals surface area contributed by atoms with Crippen LogP contribution in [0.25, 0.3) is 0 Å². The fraction of sp³-hybridized carbons (Fsp3) is 1.00. The van der Waals surface area contributed by atoms with Gasteiger partial charge in [0.15, 0.2) is 0 Å². The normalized spacial score (nSPS) is 37.0. The van der Waals surface area contributed by atoms with E-state index in [1.54, 1.807) is 0 Å². The van der Waals surface area contributed by atoms with Crippen molar-refractivity contribution in [1.29, 1.82) is 0 Å². The summed E-state index contributed by atoms with van der Waals surface area (Å²) in [5.74, 6) is 4.82. The van der Waals surface area contributed by atoms with Crippen LogP contribution in [0.2, 0.25) is 0 Å². The van der Waals surface area contributed by atoms with Crippen LogP contribution >= 0.6 is 0 Å². The van der Waals surface area contributed by atoms with Gasteiger partial charge >= 0.3 is 0 Å². The van der Waals surface area contributed by atoms with Crippen LogP contribution in [0.4, 0.5) is 0 Å². The molecule has 1 heteroatoms. The van der Waals surface area contributed by atoms with Crippen molar-refractivity contribution >= 4 is 0 Å². The highest BCUT2D eigenvalue weighted by Crippen LogP contribution is 2.66. The predicted molar refractivity (Wildman–Crippen MR) is 132 cm³/mol. The van der Waals surface area contributed by atoms with Crippen LogP contribution in [0.15, 0.2) is 0 Å². The minimum Gasteiger partial charge on any atom is -0.328 e. The van der Waals surface area contributed by atoms with Crippen molar-refractivity contribution in [2.75, 3.05) is 0 Å². The van der Waals surface area contributed by atoms with Crippen molar-refractivity contribution in [3.63, 3.8) is 0 Å². The topological polar surface area (TPSA) is 26.0 Å². The molecule has 4 fully saturated rings. The number of hydrogen-bond acceptors (Lipinski definition) is 1. The molecule has 0 heterocycles. The average Bonchev–Trinajstić information content (AvgIpc) is 2.73. The first-order valence-corrected chi connectivity index (χ1v) is 13.8. The predicted octanol–water partition coefficient (Wildman–Crippen LogP) is 8.61. The maximum Gasteiger partial charge on any atom is 0.00364 e. The van der Waals surface area contributed by atoms with Gasteiger partial charge in [0.1, 0.15) is 0 Å². The lowest BCUT2D eigenvalue weighted by Gasteiger charge is -2.61. The third kappa shape index (κ3) is 4.67. The molecule has 0 aromatic rings. The Morgan fingerprint density at radius 2 is 1.73 bits per heavy atom. The summed E-state index contributed by atoms with van der Waals surface area (Å²) < 4.78 is 0. The molecule has 4 rings (SSSR count). The molecule has 0 aliphatic heterocycles. The van der Waals surface area contributed by atoms with Crippen molar-refractivity contribution in [3.05, 3.63) is 0 Å². The standard InChI is InChI=1S/C29H55N/c1-8-24(30)14-17-28(6,7)29-18-15-26(22(3)20-29)25(13-10-16-27(29,4)5)21(2)19-23-11-9-12-23/h21-26H,8-20,30H2,1-7H3. The van der Waals surface area contributed by atoms with E-state index in [1.807, 2.05) is 0 Å². The Morgan fingerprint density at radius 1 is 1.03 bits per heavy atom. The van der Waals surface area contributed by atoms with Gasteiger partial charge in [-0.25, -0.2) is 0 Å². The van der Waals surface area contributed by atoms with E-state index in [9.17, 15) is 0 Å². The third-order valence-corrected chi connectivity index (χ3v) is 11.1. The minimum absolute atomic E-state index is 0.375. The number of fused-ring (bicyclic) bond motifs is 6. The number of rotatable bonds is 8. The first-order valence-electron chi connectivity index (χ1n) is 13.8. The molecule has 176 valence electrons. The summed E-state index contributed by atoms with van der Waals surface area (Å²) in [6.07, 6.45) is 18.4. The van der Waals surface area contributed by atoms with Gasteiger partial charge in [0, 0.05) is 6.04 Å². The Labute approximate surface area is 189 Å². The van der Waals surface area contributed by atoms with Crippen molar-refractivity contribution in [2.24, 2.45) is 51.6 Å². The summed E-state index contributed by atoms with van der Waals surface area (Å²) in [4.78, 5) is 0. The lowest BCUT2D eigenvalue weighted by atomic mass is 9.44. The summed E-state index contributed by atoms with van der Waals surface area (Å²) in [6, 6.07) is 0.380. The second kappa shape index (κ2) is 9.44. The fourth-order valence-corrected chi connectivity index (χ4v) is 8.64. The quantitative estimate of drug-likeness (QED) is 0.420. The molecule has 4 aliphatic rings. The van der Waals surface area contributed by atoms with Gasteiger partial charge in [0.05, 0.1) is 0 Å². The molecule has 1 nitrogen and oxygen atoms in total. The van der Waals surface area contributed by atoms with Gasteiger partial charge in [-0.15, -0.1) is 0 Å². The number of hydrogen-bond donors (Lipinski definition) is 1. The maximum atomic E-state index is 6.39. The van der Waals surface area contributed by atoms with E-state index in [4.69, 9.17) is 5.73 Å². The van der Waals surface area contributed by atoms with Crippen LogP contribution in [-0.4, -0.2) is 6.04 Å². The summed E-state index contributed by atoms with van der Waals surface area (Å²) in [5.41, 5.74) is 7.66. The summed E-state index contributed by atoms with van der Waals surface area (Å²) in [6.45, 7) is 18.0. The average molecular weight is 418 g/mol. The maximum absolute atomic E-state index is 6.39. The SMILES string of the molecule is CCC(N)CCC(C)(C)C12CCC(C(C)C1)C(C(C)CC1CCC1)CCCC2(C)C. The van der Waals surface area contributed by atoms with Gasteiger partial charge in [0.2, 0.25) is 0 Å². The fourth-order valence-electron chi connectivity index (χ4n) is 8.64. The summed E-state index contributed by atoms with van der Waals surface area (Å²) in [7, 11) is 0. The largest absolute Gasteiger partial charge is 0.328 e. The Kier molecular flexibility index (Phi) is 7.74. The highest BCUT2D eigenvalue weighted by atomic mass is 14.6. The number of nitrogens with two attached hydrogens (primary N) is 1. The monoisotopic (exact) mass is 417 g/mol. The van der Waals surface area contributed by atoms with Crippen molar-refractivity contribution in [2.45, 2.75) is 138 Å². The van der Waals surface area contributed by atoms with Gasteiger partial charge in [-0.2, -0.15) is 0 Å². The van der Waals surface area contributed by atoms with Crippen LogP contribution in [-0.2, 0) is 0 Å². The van der Waals surface area contributed by atoms with Crippen LogP contribution < -0.4 is 5.73 Å². The zero-order valence-corrected chi connectivity index (χ0v) is 21.7. The molecule has 6 atom stereocenters. The summed E-state index contributed by atoms with van der Waals surface area (Å²) >= 11 is 0. The van der Waals surface area contributed by atoms with E-state index in [-0.39, 0.29) is 0 Å².